The van der Waals surface area contributed by atoms with Gasteiger partial charge in [-0.2, -0.15) is 0 Å². The van der Waals surface area contributed by atoms with Gasteiger partial charge in [-0.25, -0.2) is 0 Å². The van der Waals surface area contributed by atoms with Crippen molar-refractivity contribution in [2.45, 2.75) is 0 Å². The van der Waals surface area contributed by atoms with Crippen LogP contribution in [0.3, 0.4) is 0 Å². The molecule has 0 spiro atoms. The Morgan fingerprint density at radius 3 is 2.00 bits per heavy atom. The number of nitrogens with one attached hydrogen (secondary N) is 1. The number of hydrogen-bond donors (Lipinski definition) is 2. The van der Waals surface area contributed by atoms with Gasteiger partial charge in [-0.05, 0) is 0 Å². The second kappa shape index (κ2) is 1.32. The molecule has 2 nitrogen and oxygen atoms in total. The molecule has 0 aromatic heterocycles. The van der Waals surface area contributed by atoms with Crippen molar-refractivity contribution in [1.82, 2.24) is 0 Å². The van der Waals surface area contributed by atoms with Crippen molar-refractivity contribution < 1.29 is 16.0 Å². The van der Waals surface area contributed by atoms with Gasteiger partial charge in [0.2, 0.25) is 0 Å². The van der Waals surface area contributed by atoms with E-state index in [0.29, 0.717) is 0 Å². The Hall–Kier alpha value is -0.0105. The average Bonchev–Trinajstić information content (AvgIpc) is 0.811. The average molecular weight is 107 g/mol. The molecule has 0 unspecified atom stereocenters. The number of rotatable bonds is 0. The van der Waals surface area contributed by atoms with Gasteiger partial charge in [0.05, 0.1) is 0 Å². The molecule has 0 aliphatic carbocycles. The second-order valence-corrected chi connectivity index (χ2v) is 0.814. The Balaban J connectivity index is 2.80. The summed E-state index contributed by atoms with van der Waals surface area (Å²) in [6, 6.07) is 0. The fourth-order valence-corrected chi connectivity index (χ4v) is 0. The first-order valence-corrected chi connectivity index (χ1v) is 1.16. The fraction of sp³-hybridized carbons (Fsp3) is 0. The van der Waals surface area contributed by atoms with Gasteiger partial charge >= 0.3 is 31.9 Å². The summed E-state index contributed by atoms with van der Waals surface area (Å²) in [5.74, 6) is 0. The third kappa shape index (κ3) is 17600. The molecule has 0 saturated heterocycles. The molecule has 0 aliphatic rings. The molecule has 0 heterocycles. The molecule has 0 fully saturated rings. The molecule has 28 valence electrons. The van der Waals surface area contributed by atoms with Crippen molar-refractivity contribution in [1.29, 1.82) is 5.41 Å². The minimum atomic E-state index is -0.271. The van der Waals surface area contributed by atoms with Gasteiger partial charge in [-0.3, -0.25) is 0 Å². The Morgan fingerprint density at radius 1 is 2.00 bits per heavy atom. The first kappa shape index (κ1) is 3.99. The van der Waals surface area contributed by atoms with Crippen molar-refractivity contribution in [3.8, 4) is 0 Å². The van der Waals surface area contributed by atoms with Crippen LogP contribution < -0.4 is 5.73 Å². The molecule has 0 bridgehead atoms. The van der Waals surface area contributed by atoms with Crippen molar-refractivity contribution in [2.24, 2.45) is 5.73 Å². The van der Waals surface area contributed by atoms with Crippen LogP contribution >= 0.6 is 0 Å². The number of nitrogens with two attached hydrogens (primary N) is 1. The molecule has 3 heteroatoms. The zero-order valence-corrected chi connectivity index (χ0v) is 2.82. The first-order valence-electron chi connectivity index (χ1n) is 0.689. The maximum absolute atomic E-state index is 6.08. The van der Waals surface area contributed by atoms with Crippen molar-refractivity contribution in [2.75, 3.05) is 0 Å². The standard InChI is InChI=1S/CH3N2.Cu/c2-1-3;/h(H3,2,3);. The molecule has 0 aliphatic heterocycles. The molecule has 0 amide bonds. The summed E-state index contributed by atoms with van der Waals surface area (Å²) in [5.41, 5.74) is 4.50. The van der Waals surface area contributed by atoms with Gasteiger partial charge in [-0.15, -0.1) is 0 Å². The van der Waals surface area contributed by atoms with E-state index < -0.39 is 0 Å². The van der Waals surface area contributed by atoms with Gasteiger partial charge < -0.3 is 0 Å². The second-order valence-electron chi connectivity index (χ2n) is 0.307. The van der Waals surface area contributed by atoms with Crippen LogP contribution in [0, 0.1) is 5.41 Å². The monoisotopic (exact) mass is 106 g/mol. The van der Waals surface area contributed by atoms with Crippen LogP contribution in [0.2, 0.25) is 0 Å². The van der Waals surface area contributed by atoms with Crippen LogP contribution in [0.1, 0.15) is 0 Å². The summed E-state index contributed by atoms with van der Waals surface area (Å²) in [6.07, 6.45) is 0. The molecular weight excluding hydrogens is 104 g/mol. The van der Waals surface area contributed by atoms with E-state index in [0.717, 1.165) is 0 Å². The molecule has 0 aromatic carbocycles. The van der Waals surface area contributed by atoms with Gasteiger partial charge in [0, 0.05) is 0 Å². The molecule has 4 heavy (non-hydrogen) atoms. The van der Waals surface area contributed by atoms with Gasteiger partial charge in [0.25, 0.3) is 0 Å². The zero-order chi connectivity index (χ0) is 3.58. The Kier molecular flexibility index (Phi) is 1.32. The summed E-state index contributed by atoms with van der Waals surface area (Å²) in [4.78, 5) is 0. The predicted octanol–water partition coefficient (Wildman–Crippen LogP) is -0.573. The molecule has 0 saturated carbocycles. The summed E-state index contributed by atoms with van der Waals surface area (Å²) >= 11 is 4.10. The maximum atomic E-state index is 6.08. The van der Waals surface area contributed by atoms with E-state index in [9.17, 15) is 0 Å². The van der Waals surface area contributed by atoms with E-state index in [2.05, 4.69) is 21.7 Å². The third-order valence-corrected chi connectivity index (χ3v) is 0. The van der Waals surface area contributed by atoms with E-state index in [1.54, 1.807) is 0 Å². The summed E-state index contributed by atoms with van der Waals surface area (Å²) in [6.45, 7) is 0. The van der Waals surface area contributed by atoms with Crippen molar-refractivity contribution in [3.63, 3.8) is 0 Å². The van der Waals surface area contributed by atoms with E-state index in [1.807, 2.05) is 0 Å². The van der Waals surface area contributed by atoms with Crippen LogP contribution in [0.25, 0.3) is 0 Å². The van der Waals surface area contributed by atoms with Gasteiger partial charge in [0.1, 0.15) is 0 Å². The first-order chi connectivity index (χ1) is 1.73. The minimum absolute atomic E-state index is 0.271. The van der Waals surface area contributed by atoms with Crippen LogP contribution in [0.4, 0.5) is 0 Å². The van der Waals surface area contributed by atoms with Crippen LogP contribution in [-0.2, 0) is 16.0 Å². The molecule has 0 aromatic rings. The Labute approximate surface area is 32.7 Å². The van der Waals surface area contributed by atoms with Crippen LogP contribution in [0.15, 0.2) is 0 Å². The topological polar surface area (TPSA) is 49.9 Å². The fourth-order valence-electron chi connectivity index (χ4n) is 0. The molecule has 3 N–H and O–H groups in total. The SMILES string of the molecule is N=[C](N)[Cu]. The number of amidine groups is 1. The molecular formula is CH3CuN2. The summed E-state index contributed by atoms with van der Waals surface area (Å²) in [5, 5.41) is 6.08. The van der Waals surface area contributed by atoms with E-state index in [4.69, 9.17) is 5.41 Å². The van der Waals surface area contributed by atoms with Crippen molar-refractivity contribution in [3.05, 3.63) is 0 Å². The van der Waals surface area contributed by atoms with Gasteiger partial charge in [-0.1, -0.05) is 0 Å². The third-order valence-electron chi connectivity index (χ3n) is 0. The van der Waals surface area contributed by atoms with Crippen LogP contribution in [-0.4, -0.2) is 4.73 Å². The molecule has 0 radical (unpaired) electrons. The predicted molar refractivity (Wildman–Crippen MR) is 11.9 cm³/mol. The normalized spacial score (nSPS) is 6.50. The van der Waals surface area contributed by atoms with Crippen molar-refractivity contribution >= 4 is 4.73 Å². The van der Waals surface area contributed by atoms with Crippen LogP contribution in [0.5, 0.6) is 0 Å². The van der Waals surface area contributed by atoms with E-state index >= 15 is 0 Å². The van der Waals surface area contributed by atoms with E-state index in [1.165, 1.54) is 0 Å². The Bertz CT molecular complexity index is 29.0. The summed E-state index contributed by atoms with van der Waals surface area (Å²) in [7, 11) is 0. The van der Waals surface area contributed by atoms with E-state index in [-0.39, 0.29) is 4.73 Å². The Morgan fingerprint density at radius 2 is 2.00 bits per heavy atom. The van der Waals surface area contributed by atoms with Gasteiger partial charge in [0.15, 0.2) is 0 Å². The zero-order valence-electron chi connectivity index (χ0n) is 1.88. The molecule has 0 atom stereocenters. The number of hydrogen-bond acceptors (Lipinski definition) is 1. The quantitative estimate of drug-likeness (QED) is 0.243. The molecule has 0 rings (SSSR count). The summed E-state index contributed by atoms with van der Waals surface area (Å²) < 4.78 is -0.271.